The van der Waals surface area contributed by atoms with Gasteiger partial charge in [-0.05, 0) is 50.4 Å². The fourth-order valence-electron chi connectivity index (χ4n) is 7.49. The van der Waals surface area contributed by atoms with Gasteiger partial charge < -0.3 is 19.7 Å². The van der Waals surface area contributed by atoms with Crippen LogP contribution < -0.4 is 0 Å². The van der Waals surface area contributed by atoms with E-state index in [1.807, 2.05) is 0 Å². The summed E-state index contributed by atoms with van der Waals surface area (Å²) in [7, 11) is 0. The van der Waals surface area contributed by atoms with Gasteiger partial charge in [0.2, 0.25) is 0 Å². The molecule has 5 rings (SSSR count). The summed E-state index contributed by atoms with van der Waals surface area (Å²) in [6, 6.07) is 2.21. The second kappa shape index (κ2) is 5.36. The highest BCUT2D eigenvalue weighted by atomic mass is 16.7. The smallest absolute Gasteiger partial charge is 0.172 e. The molecule has 5 aliphatic rings. The normalized spacial score (nSPS) is 53.2. The number of hydrogen-bond donors (Lipinski definition) is 2. The summed E-state index contributed by atoms with van der Waals surface area (Å²) < 4.78 is 11.9. The van der Waals surface area contributed by atoms with E-state index in [4.69, 9.17) is 9.47 Å². The maximum atomic E-state index is 12.1. The quantitative estimate of drug-likeness (QED) is 0.504. The molecule has 5 heteroatoms. The Balaban J connectivity index is 1.52. The standard InChI is InChI=1S/C22H31NO4/c1-18-7-9-21(26-11-12-27-21)13-15(18)3-4-17-16-5-6-20(24,14-23)19(16,2)8-10-22(17,18)25/h3,16-17,24-25H,4-13H2,1-2H3/t16-,17+,18+,19+,20+,22-/m1/s1. The molecule has 1 heterocycles. The number of nitriles is 1. The van der Waals surface area contributed by atoms with Crippen molar-refractivity contribution in [2.24, 2.45) is 22.7 Å². The van der Waals surface area contributed by atoms with Crippen molar-refractivity contribution in [3.05, 3.63) is 11.6 Å². The summed E-state index contributed by atoms with van der Waals surface area (Å²) in [4.78, 5) is 0. The molecule has 0 aromatic rings. The third-order valence-corrected chi connectivity index (χ3v) is 9.45. The first kappa shape index (κ1) is 18.1. The van der Waals surface area contributed by atoms with E-state index in [1.54, 1.807) is 0 Å². The van der Waals surface area contributed by atoms with E-state index in [1.165, 1.54) is 5.57 Å². The first-order chi connectivity index (χ1) is 12.7. The zero-order valence-electron chi connectivity index (χ0n) is 16.5. The van der Waals surface area contributed by atoms with E-state index in [0.717, 1.165) is 32.1 Å². The van der Waals surface area contributed by atoms with Crippen LogP contribution in [0, 0.1) is 34.0 Å². The second-order valence-corrected chi connectivity index (χ2v) is 10.1. The Morgan fingerprint density at radius 1 is 1.04 bits per heavy atom. The zero-order chi connectivity index (χ0) is 19.1. The topological polar surface area (TPSA) is 82.7 Å². The fraction of sp³-hybridized carbons (Fsp3) is 0.864. The number of fused-ring (bicyclic) bond motifs is 5. The molecule has 3 saturated carbocycles. The SMILES string of the molecule is C[C@]12CCC3(CC1=CC[C@H]1[C@H]4CC[C@](O)(C#N)[C@@]4(C)CC[C@@]12O)OCCO3. The summed E-state index contributed by atoms with van der Waals surface area (Å²) in [6.45, 7) is 5.61. The van der Waals surface area contributed by atoms with Crippen LogP contribution in [0.3, 0.4) is 0 Å². The van der Waals surface area contributed by atoms with Crippen LogP contribution in [0.4, 0.5) is 0 Å². The van der Waals surface area contributed by atoms with E-state index in [2.05, 4.69) is 26.0 Å². The van der Waals surface area contributed by atoms with Crippen molar-refractivity contribution in [1.29, 1.82) is 5.26 Å². The molecule has 0 aromatic heterocycles. The molecule has 5 nitrogen and oxygen atoms in total. The molecule has 4 aliphatic carbocycles. The van der Waals surface area contributed by atoms with Gasteiger partial charge in [-0.25, -0.2) is 0 Å². The third-order valence-electron chi connectivity index (χ3n) is 9.45. The van der Waals surface area contributed by atoms with Crippen LogP contribution in [0.5, 0.6) is 0 Å². The van der Waals surface area contributed by atoms with Gasteiger partial charge >= 0.3 is 0 Å². The monoisotopic (exact) mass is 373 g/mol. The highest BCUT2D eigenvalue weighted by molar-refractivity contribution is 5.33. The molecule has 2 N–H and O–H groups in total. The largest absolute Gasteiger partial charge is 0.389 e. The molecule has 0 radical (unpaired) electrons. The number of rotatable bonds is 0. The maximum absolute atomic E-state index is 12.1. The Hall–Kier alpha value is -0.930. The number of aliphatic hydroxyl groups is 2. The lowest BCUT2D eigenvalue weighted by Gasteiger charge is -2.63. The third kappa shape index (κ3) is 2.03. The van der Waals surface area contributed by atoms with Gasteiger partial charge in [-0.15, -0.1) is 0 Å². The molecule has 1 spiro atoms. The Morgan fingerprint density at radius 2 is 1.78 bits per heavy atom. The van der Waals surface area contributed by atoms with Gasteiger partial charge in [-0.3, -0.25) is 0 Å². The van der Waals surface area contributed by atoms with Gasteiger partial charge in [0.1, 0.15) is 0 Å². The highest BCUT2D eigenvalue weighted by Crippen LogP contribution is 2.69. The van der Waals surface area contributed by atoms with Gasteiger partial charge in [-0.1, -0.05) is 25.5 Å². The van der Waals surface area contributed by atoms with E-state index in [-0.39, 0.29) is 17.3 Å². The van der Waals surface area contributed by atoms with Crippen molar-refractivity contribution in [3.8, 4) is 6.07 Å². The maximum Gasteiger partial charge on any atom is 0.172 e. The minimum Gasteiger partial charge on any atom is -0.389 e. The molecule has 0 unspecified atom stereocenters. The Bertz CT molecular complexity index is 737. The summed E-state index contributed by atoms with van der Waals surface area (Å²) in [6.07, 6.45) is 8.27. The molecule has 1 aliphatic heterocycles. The van der Waals surface area contributed by atoms with Crippen molar-refractivity contribution in [2.45, 2.75) is 82.2 Å². The molecule has 0 bridgehead atoms. The van der Waals surface area contributed by atoms with Crippen molar-refractivity contribution in [1.82, 2.24) is 0 Å². The van der Waals surface area contributed by atoms with Crippen LogP contribution in [0.1, 0.15) is 65.2 Å². The number of allylic oxidation sites excluding steroid dienone is 1. The average molecular weight is 373 g/mol. The molecule has 0 aromatic carbocycles. The molecular weight excluding hydrogens is 342 g/mol. The molecule has 0 amide bonds. The van der Waals surface area contributed by atoms with E-state index < -0.39 is 22.4 Å². The minimum absolute atomic E-state index is 0.104. The van der Waals surface area contributed by atoms with E-state index >= 15 is 0 Å². The van der Waals surface area contributed by atoms with Crippen LogP contribution in [-0.2, 0) is 9.47 Å². The predicted octanol–water partition coefficient (Wildman–Crippen LogP) is 3.06. The highest BCUT2D eigenvalue weighted by Gasteiger charge is 2.69. The van der Waals surface area contributed by atoms with Gasteiger partial charge in [-0.2, -0.15) is 5.26 Å². The van der Waals surface area contributed by atoms with Crippen molar-refractivity contribution in [2.75, 3.05) is 13.2 Å². The molecular formula is C22H31NO4. The molecule has 4 fully saturated rings. The van der Waals surface area contributed by atoms with Gasteiger partial charge in [0.25, 0.3) is 0 Å². The first-order valence-corrected chi connectivity index (χ1v) is 10.6. The fourth-order valence-corrected chi connectivity index (χ4v) is 7.49. The summed E-state index contributed by atoms with van der Waals surface area (Å²) in [5.41, 5.74) is -1.45. The lowest BCUT2D eigenvalue weighted by atomic mass is 9.44. The lowest BCUT2D eigenvalue weighted by Crippen LogP contribution is -2.65. The molecule has 6 atom stereocenters. The first-order valence-electron chi connectivity index (χ1n) is 10.6. The summed E-state index contributed by atoms with van der Waals surface area (Å²) in [5, 5.41) is 32.7. The van der Waals surface area contributed by atoms with Crippen LogP contribution >= 0.6 is 0 Å². The predicted molar refractivity (Wildman–Crippen MR) is 98.4 cm³/mol. The lowest BCUT2D eigenvalue weighted by molar-refractivity contribution is -0.227. The van der Waals surface area contributed by atoms with E-state index in [0.29, 0.717) is 32.5 Å². The number of hydrogen-bond acceptors (Lipinski definition) is 5. The zero-order valence-corrected chi connectivity index (χ0v) is 16.5. The van der Waals surface area contributed by atoms with Gasteiger partial charge in [0.15, 0.2) is 11.4 Å². The van der Waals surface area contributed by atoms with Crippen LogP contribution in [0.2, 0.25) is 0 Å². The Kier molecular flexibility index (Phi) is 3.60. The summed E-state index contributed by atoms with van der Waals surface area (Å²) in [5.74, 6) is -0.191. The van der Waals surface area contributed by atoms with Crippen LogP contribution in [0.15, 0.2) is 11.6 Å². The Morgan fingerprint density at radius 3 is 2.48 bits per heavy atom. The molecule has 148 valence electrons. The summed E-state index contributed by atoms with van der Waals surface area (Å²) >= 11 is 0. The number of nitrogens with zero attached hydrogens (tertiary/aromatic N) is 1. The van der Waals surface area contributed by atoms with Crippen molar-refractivity contribution < 1.29 is 19.7 Å². The average Bonchev–Trinajstić information content (AvgIpc) is 3.21. The van der Waals surface area contributed by atoms with Crippen molar-refractivity contribution in [3.63, 3.8) is 0 Å². The van der Waals surface area contributed by atoms with Gasteiger partial charge in [0, 0.05) is 23.7 Å². The number of ether oxygens (including phenoxy) is 2. The van der Waals surface area contributed by atoms with E-state index in [9.17, 15) is 15.5 Å². The minimum atomic E-state index is -1.26. The van der Waals surface area contributed by atoms with Crippen molar-refractivity contribution >= 4 is 0 Å². The van der Waals surface area contributed by atoms with Gasteiger partial charge in [0.05, 0.1) is 24.9 Å². The second-order valence-electron chi connectivity index (χ2n) is 10.1. The van der Waals surface area contributed by atoms with Crippen LogP contribution in [-0.4, -0.2) is 40.4 Å². The van der Waals surface area contributed by atoms with Crippen LogP contribution in [0.25, 0.3) is 0 Å². The molecule has 27 heavy (non-hydrogen) atoms. The Labute approximate surface area is 161 Å². The molecule has 1 saturated heterocycles.